The van der Waals surface area contributed by atoms with Crippen LogP contribution >= 0.6 is 0 Å². The molecule has 32 heavy (non-hydrogen) atoms. The highest BCUT2D eigenvalue weighted by Gasteiger charge is 2.35. The van der Waals surface area contributed by atoms with E-state index in [4.69, 9.17) is 9.47 Å². The van der Waals surface area contributed by atoms with Crippen LogP contribution in [-0.2, 0) is 21.4 Å². The molecular weight excluding hydrogens is 408 g/mol. The number of aromatic amines is 1. The molecular formula is C25H28N2O5. The molecule has 2 aromatic rings. The first kappa shape index (κ1) is 21.9. The van der Waals surface area contributed by atoms with E-state index in [1.807, 2.05) is 38.1 Å². The molecule has 0 atom stereocenters. The van der Waals surface area contributed by atoms with Crippen molar-refractivity contribution in [3.8, 4) is 17.0 Å². The summed E-state index contributed by atoms with van der Waals surface area (Å²) >= 11 is 0. The van der Waals surface area contributed by atoms with Crippen molar-refractivity contribution >= 4 is 12.0 Å². The van der Waals surface area contributed by atoms with Crippen LogP contribution in [0.25, 0.3) is 11.3 Å². The van der Waals surface area contributed by atoms with Gasteiger partial charge in [0.1, 0.15) is 11.4 Å². The summed E-state index contributed by atoms with van der Waals surface area (Å²) in [7, 11) is 0. The van der Waals surface area contributed by atoms with Crippen LogP contribution in [0, 0.1) is 0 Å². The number of H-pyrrole nitrogens is 1. The Hall–Kier alpha value is -3.35. The molecule has 1 fully saturated rings. The summed E-state index contributed by atoms with van der Waals surface area (Å²) < 4.78 is 11.1. The highest BCUT2D eigenvalue weighted by molar-refractivity contribution is 6.07. The van der Waals surface area contributed by atoms with E-state index < -0.39 is 17.4 Å². The van der Waals surface area contributed by atoms with Crippen LogP contribution < -0.4 is 15.6 Å². The molecule has 1 aromatic carbocycles. The molecule has 7 heteroatoms. The summed E-state index contributed by atoms with van der Waals surface area (Å²) in [5.41, 5.74) is 2.04. The summed E-state index contributed by atoms with van der Waals surface area (Å²) in [5, 5.41) is 2.10. The second-order valence-electron chi connectivity index (χ2n) is 9.01. The van der Waals surface area contributed by atoms with Gasteiger partial charge in [0, 0.05) is 22.2 Å². The Kier molecular flexibility index (Phi) is 5.44. The number of ether oxygens (including phenoxy) is 2. The van der Waals surface area contributed by atoms with E-state index in [2.05, 4.69) is 24.1 Å². The zero-order valence-corrected chi connectivity index (χ0v) is 18.8. The lowest BCUT2D eigenvalue weighted by atomic mass is 9.75. The van der Waals surface area contributed by atoms with E-state index in [9.17, 15) is 14.4 Å². The highest BCUT2D eigenvalue weighted by Crippen LogP contribution is 2.37. The molecule has 2 aliphatic heterocycles. The number of pyridine rings is 1. The molecule has 1 aromatic heterocycles. The monoisotopic (exact) mass is 436 g/mol. The van der Waals surface area contributed by atoms with Gasteiger partial charge in [-0.3, -0.25) is 14.9 Å². The van der Waals surface area contributed by atoms with Gasteiger partial charge < -0.3 is 14.5 Å². The van der Waals surface area contributed by atoms with Crippen LogP contribution in [0.4, 0.5) is 4.79 Å². The summed E-state index contributed by atoms with van der Waals surface area (Å²) in [5.74, 6) is 0.182. The average Bonchev–Trinajstić information content (AvgIpc) is 3.07. The summed E-state index contributed by atoms with van der Waals surface area (Å²) in [6.07, 6.45) is 3.82. The zero-order valence-electron chi connectivity index (χ0n) is 18.8. The predicted molar refractivity (Wildman–Crippen MR) is 120 cm³/mol. The summed E-state index contributed by atoms with van der Waals surface area (Å²) in [6, 6.07) is 9.66. The Morgan fingerprint density at radius 3 is 2.47 bits per heavy atom. The normalized spacial score (nSPS) is 18.7. The topological polar surface area (TPSA) is 97.5 Å². The maximum absolute atomic E-state index is 13.2. The first-order chi connectivity index (χ1) is 15.2. The number of amides is 2. The van der Waals surface area contributed by atoms with Gasteiger partial charge in [-0.15, -0.1) is 0 Å². The number of nitrogens with one attached hydrogen (secondary N) is 2. The number of hydrogen-bond acceptors (Lipinski definition) is 5. The van der Waals surface area contributed by atoms with E-state index >= 15 is 0 Å². The number of imide groups is 1. The minimum absolute atomic E-state index is 0.0726. The fourth-order valence-electron chi connectivity index (χ4n) is 4.43. The second-order valence-corrected chi connectivity index (χ2v) is 9.01. The number of cyclic esters (lactones) is 1. The number of carbonyl (C=O) groups is 2. The predicted octanol–water partition coefficient (Wildman–Crippen LogP) is 4.35. The maximum atomic E-state index is 13.2. The molecule has 4 rings (SSSR count). The van der Waals surface area contributed by atoms with Crippen molar-refractivity contribution in [3.05, 3.63) is 63.6 Å². The van der Waals surface area contributed by atoms with Crippen molar-refractivity contribution in [2.45, 2.75) is 64.4 Å². The Balaban J connectivity index is 1.72. The fourth-order valence-corrected chi connectivity index (χ4v) is 4.43. The molecule has 0 aliphatic carbocycles. The van der Waals surface area contributed by atoms with Gasteiger partial charge in [0.2, 0.25) is 0 Å². The Morgan fingerprint density at radius 2 is 1.84 bits per heavy atom. The van der Waals surface area contributed by atoms with E-state index in [1.54, 1.807) is 12.1 Å². The third-order valence-corrected chi connectivity index (χ3v) is 6.52. The van der Waals surface area contributed by atoms with E-state index in [0.29, 0.717) is 24.1 Å². The lowest BCUT2D eigenvalue weighted by molar-refractivity contribution is -0.116. The van der Waals surface area contributed by atoms with Crippen LogP contribution in [0.1, 0.15) is 58.1 Å². The molecule has 7 nitrogen and oxygen atoms in total. The largest absolute Gasteiger partial charge is 0.488 e. The molecule has 0 spiro atoms. The van der Waals surface area contributed by atoms with Gasteiger partial charge in [0.15, 0.2) is 5.76 Å². The summed E-state index contributed by atoms with van der Waals surface area (Å²) in [6.45, 7) is 8.02. The number of aryl methyl sites for hydroxylation is 1. The highest BCUT2D eigenvalue weighted by atomic mass is 16.6. The van der Waals surface area contributed by atoms with Crippen LogP contribution in [0.2, 0.25) is 0 Å². The number of aromatic nitrogens is 1. The minimum atomic E-state index is -0.801. The number of hydrogen-bond donors (Lipinski definition) is 2. The lowest BCUT2D eigenvalue weighted by Gasteiger charge is -2.32. The van der Waals surface area contributed by atoms with Crippen molar-refractivity contribution in [2.75, 3.05) is 0 Å². The standard InChI is InChI=1S/C25H28N2O5/c1-5-25(6-2,14-20-22(29)27-23(30)31-20)17-9-10-18(26-21(17)28)16-8-7-15-11-12-24(3,4)32-19(15)13-16/h7-10,13-14H,5-6,11-12H2,1-4H3,(H,26,28)(H,27,29,30)/b20-14-. The van der Waals surface area contributed by atoms with E-state index in [-0.39, 0.29) is 16.9 Å². The maximum Gasteiger partial charge on any atom is 0.419 e. The Labute approximate surface area is 186 Å². The SMILES string of the molecule is CCC(/C=C1\OC(=O)NC1=O)(CC)c1ccc(-c2ccc3c(c2)OC(C)(C)CC3)[nH]c1=O. The van der Waals surface area contributed by atoms with E-state index in [0.717, 1.165) is 24.2 Å². The van der Waals surface area contributed by atoms with Crippen molar-refractivity contribution < 1.29 is 19.1 Å². The van der Waals surface area contributed by atoms with Crippen LogP contribution in [0.3, 0.4) is 0 Å². The van der Waals surface area contributed by atoms with Crippen molar-refractivity contribution in [1.29, 1.82) is 0 Å². The molecule has 168 valence electrons. The number of allylic oxidation sites excluding steroid dienone is 1. The van der Waals surface area contributed by atoms with Crippen molar-refractivity contribution in [2.24, 2.45) is 0 Å². The first-order valence-corrected chi connectivity index (χ1v) is 11.0. The number of carbonyl (C=O) groups excluding carboxylic acids is 2. The average molecular weight is 437 g/mol. The second kappa shape index (κ2) is 7.97. The molecule has 0 saturated carbocycles. The first-order valence-electron chi connectivity index (χ1n) is 11.0. The lowest BCUT2D eigenvalue weighted by Crippen LogP contribution is -2.32. The van der Waals surface area contributed by atoms with Gasteiger partial charge in [0.25, 0.3) is 11.5 Å². The van der Waals surface area contributed by atoms with Crippen LogP contribution in [0.5, 0.6) is 5.75 Å². The number of fused-ring (bicyclic) bond motifs is 1. The Bertz CT molecular complexity index is 1170. The molecule has 3 heterocycles. The van der Waals surface area contributed by atoms with E-state index in [1.165, 1.54) is 5.56 Å². The van der Waals surface area contributed by atoms with Gasteiger partial charge in [0.05, 0.1) is 0 Å². The molecule has 1 saturated heterocycles. The fraction of sp³-hybridized carbons (Fsp3) is 0.400. The smallest absolute Gasteiger partial charge is 0.419 e. The zero-order chi connectivity index (χ0) is 23.1. The van der Waals surface area contributed by atoms with Crippen LogP contribution in [0.15, 0.2) is 47.0 Å². The molecule has 2 aliphatic rings. The van der Waals surface area contributed by atoms with Gasteiger partial charge in [-0.25, -0.2) is 4.79 Å². The number of rotatable bonds is 5. The van der Waals surface area contributed by atoms with Crippen molar-refractivity contribution in [1.82, 2.24) is 10.3 Å². The molecule has 0 unspecified atom stereocenters. The van der Waals surface area contributed by atoms with Crippen molar-refractivity contribution in [3.63, 3.8) is 0 Å². The van der Waals surface area contributed by atoms with Crippen LogP contribution in [-0.4, -0.2) is 22.6 Å². The third kappa shape index (κ3) is 3.95. The quantitative estimate of drug-likeness (QED) is 0.679. The molecule has 2 N–H and O–H groups in total. The summed E-state index contributed by atoms with van der Waals surface area (Å²) in [4.78, 5) is 39.5. The Morgan fingerprint density at radius 1 is 1.09 bits per heavy atom. The number of alkyl carbamates (subject to hydrolysis) is 1. The van der Waals surface area contributed by atoms with Gasteiger partial charge in [-0.05, 0) is 63.3 Å². The third-order valence-electron chi connectivity index (χ3n) is 6.52. The van der Waals surface area contributed by atoms with Gasteiger partial charge in [-0.2, -0.15) is 0 Å². The molecule has 0 radical (unpaired) electrons. The number of benzene rings is 1. The molecule has 0 bridgehead atoms. The minimum Gasteiger partial charge on any atom is -0.488 e. The van der Waals surface area contributed by atoms with Gasteiger partial charge in [-0.1, -0.05) is 32.0 Å². The van der Waals surface area contributed by atoms with Gasteiger partial charge >= 0.3 is 6.09 Å². The molecule has 2 amide bonds.